The monoisotopic (exact) mass is 371 g/mol. The van der Waals surface area contributed by atoms with Crippen LogP contribution in [0.15, 0.2) is 36.5 Å². The summed E-state index contributed by atoms with van der Waals surface area (Å²) in [5.41, 5.74) is 2.74. The molecule has 0 radical (unpaired) electrons. The minimum atomic E-state index is -4.38. The second kappa shape index (κ2) is 6.29. The number of halogens is 3. The fraction of sp³-hybridized carbons (Fsp3) is 0.263. The van der Waals surface area contributed by atoms with E-state index in [0.29, 0.717) is 40.9 Å². The maximum absolute atomic E-state index is 12.9. The van der Waals surface area contributed by atoms with Crippen LogP contribution < -0.4 is 0 Å². The first kappa shape index (κ1) is 17.4. The fourth-order valence-corrected chi connectivity index (χ4v) is 2.96. The largest absolute Gasteiger partial charge is 0.416 e. The Morgan fingerprint density at radius 3 is 2.52 bits per heavy atom. The lowest BCUT2D eigenvalue weighted by molar-refractivity contribution is -0.137. The van der Waals surface area contributed by atoms with Crippen LogP contribution in [0.4, 0.5) is 13.2 Å². The van der Waals surface area contributed by atoms with Crippen LogP contribution in [-0.2, 0) is 19.0 Å². The lowest BCUT2D eigenvalue weighted by Gasteiger charge is -2.08. The molecule has 4 rings (SSSR count). The Kier molecular flexibility index (Phi) is 4.05. The first-order valence-corrected chi connectivity index (χ1v) is 8.46. The van der Waals surface area contributed by atoms with Crippen LogP contribution in [0.25, 0.3) is 16.6 Å². The van der Waals surface area contributed by atoms with Gasteiger partial charge in [-0.15, -0.1) is 0 Å². The molecular weight excluding hydrogens is 355 g/mol. The van der Waals surface area contributed by atoms with E-state index in [1.807, 2.05) is 19.9 Å². The predicted octanol–water partition coefficient (Wildman–Crippen LogP) is 4.09. The highest BCUT2D eigenvalue weighted by atomic mass is 19.4. The molecule has 0 aliphatic carbocycles. The maximum Gasteiger partial charge on any atom is 0.416 e. The van der Waals surface area contributed by atoms with Crippen LogP contribution in [0.1, 0.15) is 28.5 Å². The Morgan fingerprint density at radius 1 is 1.00 bits per heavy atom. The lowest BCUT2D eigenvalue weighted by atomic mass is 10.1. The standard InChI is InChI=1S/C19H16F3N5/c1-11-10-23-12(2)18-25-17(26-27(11)18)8-7-15-6-4-13-3-5-14(19(20,21)22)9-16(13)24-15/h3-6,9-10H,7-8H2,1-2H3. The predicted molar refractivity (Wildman–Crippen MR) is 94.4 cm³/mol. The van der Waals surface area contributed by atoms with Gasteiger partial charge in [0.15, 0.2) is 11.5 Å². The van der Waals surface area contributed by atoms with Gasteiger partial charge in [0.05, 0.1) is 22.5 Å². The van der Waals surface area contributed by atoms with E-state index in [9.17, 15) is 13.2 Å². The van der Waals surface area contributed by atoms with Gasteiger partial charge in [-0.25, -0.2) is 9.50 Å². The van der Waals surface area contributed by atoms with Crippen molar-refractivity contribution in [1.82, 2.24) is 24.6 Å². The highest BCUT2D eigenvalue weighted by Crippen LogP contribution is 2.31. The van der Waals surface area contributed by atoms with Crippen LogP contribution in [-0.4, -0.2) is 24.6 Å². The lowest BCUT2D eigenvalue weighted by Crippen LogP contribution is -2.05. The summed E-state index contributed by atoms with van der Waals surface area (Å²) in [4.78, 5) is 13.2. The van der Waals surface area contributed by atoms with Gasteiger partial charge in [0.25, 0.3) is 0 Å². The summed E-state index contributed by atoms with van der Waals surface area (Å²) in [7, 11) is 0. The topological polar surface area (TPSA) is 56.0 Å². The third kappa shape index (κ3) is 3.34. The van der Waals surface area contributed by atoms with E-state index in [1.54, 1.807) is 16.8 Å². The molecular formula is C19H16F3N5. The third-order valence-electron chi connectivity index (χ3n) is 4.44. The van der Waals surface area contributed by atoms with Crippen molar-refractivity contribution in [3.8, 4) is 0 Å². The summed E-state index contributed by atoms with van der Waals surface area (Å²) in [6.45, 7) is 3.78. The van der Waals surface area contributed by atoms with Gasteiger partial charge in [-0.2, -0.15) is 18.3 Å². The Hall–Kier alpha value is -3.03. The molecule has 0 N–H and O–H groups in total. The van der Waals surface area contributed by atoms with Crippen LogP contribution >= 0.6 is 0 Å². The number of pyridine rings is 1. The number of fused-ring (bicyclic) bond motifs is 2. The van der Waals surface area contributed by atoms with E-state index in [4.69, 9.17) is 0 Å². The van der Waals surface area contributed by atoms with Crippen LogP contribution in [0.3, 0.4) is 0 Å². The molecule has 0 unspecified atom stereocenters. The van der Waals surface area contributed by atoms with Crippen molar-refractivity contribution in [2.45, 2.75) is 32.9 Å². The van der Waals surface area contributed by atoms with Crippen molar-refractivity contribution >= 4 is 16.6 Å². The van der Waals surface area contributed by atoms with Crippen molar-refractivity contribution in [3.05, 3.63) is 65.0 Å². The van der Waals surface area contributed by atoms with Crippen molar-refractivity contribution in [2.75, 3.05) is 0 Å². The summed E-state index contributed by atoms with van der Waals surface area (Å²) >= 11 is 0. The average molecular weight is 371 g/mol. The molecule has 8 heteroatoms. The molecule has 0 aliphatic rings. The van der Waals surface area contributed by atoms with Gasteiger partial charge in [0.1, 0.15) is 0 Å². The second-order valence-corrected chi connectivity index (χ2v) is 6.46. The zero-order valence-electron chi connectivity index (χ0n) is 14.7. The summed E-state index contributed by atoms with van der Waals surface area (Å²) in [5.74, 6) is 0.653. The minimum absolute atomic E-state index is 0.334. The minimum Gasteiger partial charge on any atom is -0.256 e. The average Bonchev–Trinajstić information content (AvgIpc) is 3.07. The van der Waals surface area contributed by atoms with E-state index in [1.165, 1.54) is 6.07 Å². The molecule has 3 heterocycles. The van der Waals surface area contributed by atoms with E-state index >= 15 is 0 Å². The number of alkyl halides is 3. The Bertz CT molecular complexity index is 1110. The SMILES string of the molecule is Cc1ncc(C)n2nc(CCc3ccc4ccc(C(F)(F)F)cc4n3)nc12. The highest BCUT2D eigenvalue weighted by molar-refractivity contribution is 5.79. The van der Waals surface area contributed by atoms with Crippen molar-refractivity contribution in [1.29, 1.82) is 0 Å². The molecule has 3 aromatic heterocycles. The van der Waals surface area contributed by atoms with Gasteiger partial charge >= 0.3 is 6.18 Å². The molecule has 0 saturated heterocycles. The fourth-order valence-electron chi connectivity index (χ4n) is 2.96. The molecule has 5 nitrogen and oxygen atoms in total. The van der Waals surface area contributed by atoms with Crippen LogP contribution in [0.5, 0.6) is 0 Å². The summed E-state index contributed by atoms with van der Waals surface area (Å²) < 4.78 is 40.5. The van der Waals surface area contributed by atoms with Gasteiger partial charge in [-0.3, -0.25) is 9.97 Å². The zero-order chi connectivity index (χ0) is 19.2. The summed E-state index contributed by atoms with van der Waals surface area (Å²) in [6.07, 6.45) is -1.56. The number of hydrogen-bond donors (Lipinski definition) is 0. The molecule has 0 amide bonds. The van der Waals surface area contributed by atoms with Gasteiger partial charge in [-0.05, 0) is 38.5 Å². The number of aromatic nitrogens is 5. The van der Waals surface area contributed by atoms with Gasteiger partial charge in [-0.1, -0.05) is 12.1 Å². The summed E-state index contributed by atoms with van der Waals surface area (Å²) in [5, 5.41) is 5.16. The molecule has 0 spiro atoms. The van der Waals surface area contributed by atoms with Crippen molar-refractivity contribution < 1.29 is 13.2 Å². The molecule has 0 fully saturated rings. The van der Waals surface area contributed by atoms with Gasteiger partial charge in [0, 0.05) is 23.7 Å². The molecule has 4 aromatic rings. The normalized spacial score (nSPS) is 12.2. The Labute approximate surface area is 152 Å². The molecule has 1 aromatic carbocycles. The smallest absolute Gasteiger partial charge is 0.256 e. The number of benzene rings is 1. The van der Waals surface area contributed by atoms with Gasteiger partial charge < -0.3 is 0 Å². The molecule has 138 valence electrons. The summed E-state index contributed by atoms with van der Waals surface area (Å²) in [6, 6.07) is 7.21. The van der Waals surface area contributed by atoms with E-state index in [2.05, 4.69) is 20.1 Å². The molecule has 0 bridgehead atoms. The number of aryl methyl sites for hydroxylation is 4. The molecule has 0 saturated carbocycles. The molecule has 0 atom stereocenters. The Balaban J connectivity index is 1.60. The molecule has 27 heavy (non-hydrogen) atoms. The first-order valence-electron chi connectivity index (χ1n) is 8.46. The molecule has 0 aliphatic heterocycles. The van der Waals surface area contributed by atoms with Crippen molar-refractivity contribution in [2.24, 2.45) is 0 Å². The Morgan fingerprint density at radius 2 is 1.78 bits per heavy atom. The highest BCUT2D eigenvalue weighted by Gasteiger charge is 2.30. The van der Waals surface area contributed by atoms with Crippen molar-refractivity contribution in [3.63, 3.8) is 0 Å². The van der Waals surface area contributed by atoms with Crippen LogP contribution in [0, 0.1) is 13.8 Å². The number of rotatable bonds is 3. The second-order valence-electron chi connectivity index (χ2n) is 6.46. The maximum atomic E-state index is 12.9. The third-order valence-corrected chi connectivity index (χ3v) is 4.44. The van der Waals surface area contributed by atoms with Crippen LogP contribution in [0.2, 0.25) is 0 Å². The van der Waals surface area contributed by atoms with E-state index in [-0.39, 0.29) is 0 Å². The first-order chi connectivity index (χ1) is 12.8. The number of hydrogen-bond acceptors (Lipinski definition) is 4. The quantitative estimate of drug-likeness (QED) is 0.544. The number of nitrogens with zero attached hydrogens (tertiary/aromatic N) is 5. The van der Waals surface area contributed by atoms with E-state index in [0.717, 1.165) is 23.5 Å². The van der Waals surface area contributed by atoms with Gasteiger partial charge in [0.2, 0.25) is 0 Å². The zero-order valence-corrected chi connectivity index (χ0v) is 14.7. The van der Waals surface area contributed by atoms with E-state index < -0.39 is 11.7 Å².